The molecule has 26 heavy (non-hydrogen) atoms. The number of nitrogens with zero attached hydrogens (tertiary/aromatic N) is 3. The highest BCUT2D eigenvalue weighted by atomic mass is 79.9. The number of aromatic nitrogens is 3. The number of carbonyl (C=O) groups excluding carboxylic acids is 1. The van der Waals surface area contributed by atoms with Crippen LogP contribution in [0.5, 0.6) is 0 Å². The van der Waals surface area contributed by atoms with Crippen LogP contribution in [0.15, 0.2) is 35.1 Å². The zero-order valence-electron chi connectivity index (χ0n) is 15.1. The highest BCUT2D eigenvalue weighted by Crippen LogP contribution is 2.41. The average molecular weight is 414 g/mol. The summed E-state index contributed by atoms with van der Waals surface area (Å²) in [6, 6.07) is 3.89. The summed E-state index contributed by atoms with van der Waals surface area (Å²) in [6.45, 7) is 9.38. The maximum Gasteiger partial charge on any atom is 0.250 e. The number of benzene rings is 1. The molecular weight excluding hydrogens is 394 g/mol. The number of hydrogen-bond acceptors (Lipinski definition) is 4. The number of nitrogens with one attached hydrogen (secondary N) is 1. The Bertz CT molecular complexity index is 1040. The predicted molar refractivity (Wildman–Crippen MR) is 109 cm³/mol. The zero-order valence-corrected chi connectivity index (χ0v) is 16.7. The molecule has 0 radical (unpaired) electrons. The normalized spacial score (nSPS) is 11.0. The van der Waals surface area contributed by atoms with Crippen LogP contribution >= 0.6 is 15.9 Å². The van der Waals surface area contributed by atoms with Gasteiger partial charge in [-0.05, 0) is 60.0 Å². The van der Waals surface area contributed by atoms with E-state index >= 15 is 0 Å². The fourth-order valence-electron chi connectivity index (χ4n) is 3.15. The third-order valence-corrected chi connectivity index (χ3v) is 5.12. The fraction of sp³-hybridized carbons (Fsp3) is 0.211. The van der Waals surface area contributed by atoms with E-state index in [2.05, 4.69) is 37.8 Å². The van der Waals surface area contributed by atoms with E-state index in [-0.39, 0.29) is 5.91 Å². The minimum absolute atomic E-state index is 0.189. The third kappa shape index (κ3) is 2.88. The number of hydrogen-bond donors (Lipinski definition) is 2. The Morgan fingerprint density at radius 2 is 1.88 bits per heavy atom. The first-order valence-corrected chi connectivity index (χ1v) is 8.84. The largest absolute Gasteiger partial charge is 0.383 e. The number of aryl methyl sites for hydroxylation is 3. The summed E-state index contributed by atoms with van der Waals surface area (Å²) >= 11 is 3.67. The number of rotatable bonds is 3. The van der Waals surface area contributed by atoms with Crippen molar-refractivity contribution in [1.82, 2.24) is 14.5 Å². The molecule has 3 aromatic rings. The Hall–Kier alpha value is -2.67. The summed E-state index contributed by atoms with van der Waals surface area (Å²) in [5, 5.41) is 3.66. The Morgan fingerprint density at radius 3 is 2.42 bits per heavy atom. The number of carbonyl (C=O) groups is 1. The van der Waals surface area contributed by atoms with Crippen LogP contribution in [0, 0.1) is 13.8 Å². The van der Waals surface area contributed by atoms with Gasteiger partial charge in [0.2, 0.25) is 0 Å². The molecular formula is C19H20BrN5O. The highest BCUT2D eigenvalue weighted by molar-refractivity contribution is 9.10. The topological polar surface area (TPSA) is 85.8 Å². The van der Waals surface area contributed by atoms with Gasteiger partial charge in [0.05, 0.1) is 15.6 Å². The van der Waals surface area contributed by atoms with Crippen molar-refractivity contribution in [2.24, 2.45) is 7.05 Å². The SMILES string of the molecule is C=C(C)C(=O)Nc1cc(C)c(-c2c(Br)c3c(N)ncnc3n2C)c(C)c1. The lowest BCUT2D eigenvalue weighted by Crippen LogP contribution is -2.12. The van der Waals surface area contributed by atoms with Gasteiger partial charge >= 0.3 is 0 Å². The van der Waals surface area contributed by atoms with Gasteiger partial charge in [0.1, 0.15) is 17.8 Å². The number of anilines is 2. The summed E-state index contributed by atoms with van der Waals surface area (Å²) in [6.07, 6.45) is 1.46. The minimum Gasteiger partial charge on any atom is -0.383 e. The predicted octanol–water partition coefficient (Wildman–Crippen LogP) is 4.11. The van der Waals surface area contributed by atoms with Gasteiger partial charge < -0.3 is 15.6 Å². The lowest BCUT2D eigenvalue weighted by atomic mass is 9.98. The molecule has 2 heterocycles. The van der Waals surface area contributed by atoms with Gasteiger partial charge in [0, 0.05) is 23.9 Å². The van der Waals surface area contributed by atoms with Crippen LogP contribution in [-0.2, 0) is 11.8 Å². The van der Waals surface area contributed by atoms with E-state index < -0.39 is 0 Å². The molecule has 0 fully saturated rings. The van der Waals surface area contributed by atoms with E-state index in [9.17, 15) is 4.79 Å². The lowest BCUT2D eigenvalue weighted by Gasteiger charge is -2.15. The molecule has 1 amide bonds. The Kier molecular flexibility index (Phi) is 4.58. The van der Waals surface area contributed by atoms with Crippen molar-refractivity contribution in [3.63, 3.8) is 0 Å². The van der Waals surface area contributed by atoms with Crippen LogP contribution in [0.4, 0.5) is 11.5 Å². The Labute approximate surface area is 160 Å². The lowest BCUT2D eigenvalue weighted by molar-refractivity contribution is -0.112. The van der Waals surface area contributed by atoms with Crippen LogP contribution in [0.25, 0.3) is 22.3 Å². The molecule has 0 aliphatic carbocycles. The van der Waals surface area contributed by atoms with Crippen molar-refractivity contribution in [2.45, 2.75) is 20.8 Å². The molecule has 3 N–H and O–H groups in total. The molecule has 0 spiro atoms. The monoisotopic (exact) mass is 413 g/mol. The van der Waals surface area contributed by atoms with Crippen molar-refractivity contribution in [2.75, 3.05) is 11.1 Å². The molecule has 0 unspecified atom stereocenters. The summed E-state index contributed by atoms with van der Waals surface area (Å²) in [5.74, 6) is 0.245. The highest BCUT2D eigenvalue weighted by Gasteiger charge is 2.21. The second kappa shape index (κ2) is 6.57. The second-order valence-electron chi connectivity index (χ2n) is 6.40. The minimum atomic E-state index is -0.189. The van der Waals surface area contributed by atoms with Crippen molar-refractivity contribution < 1.29 is 4.79 Å². The summed E-state index contributed by atoms with van der Waals surface area (Å²) in [4.78, 5) is 20.4. The van der Waals surface area contributed by atoms with E-state index in [0.717, 1.165) is 43.6 Å². The average Bonchev–Trinajstić information content (AvgIpc) is 2.80. The van der Waals surface area contributed by atoms with Crippen molar-refractivity contribution in [3.05, 3.63) is 46.2 Å². The van der Waals surface area contributed by atoms with Crippen molar-refractivity contribution in [1.29, 1.82) is 0 Å². The first kappa shape index (κ1) is 18.1. The first-order valence-electron chi connectivity index (χ1n) is 8.05. The number of amides is 1. The standard InChI is InChI=1S/C19H20BrN5O/c1-9(2)19(26)24-12-6-10(3)13(11(4)7-12)16-15(20)14-17(21)22-8-23-18(14)25(16)5/h6-8H,1H2,2-5H3,(H,24,26)(H2,21,22,23). The van der Waals surface area contributed by atoms with Gasteiger partial charge in [0.15, 0.2) is 0 Å². The molecule has 0 aliphatic heterocycles. The summed E-state index contributed by atoms with van der Waals surface area (Å²) < 4.78 is 2.86. The van der Waals surface area contributed by atoms with Gasteiger partial charge in [-0.25, -0.2) is 9.97 Å². The first-order chi connectivity index (χ1) is 12.2. The van der Waals surface area contributed by atoms with Crippen LogP contribution in [0.3, 0.4) is 0 Å². The smallest absolute Gasteiger partial charge is 0.250 e. The Morgan fingerprint density at radius 1 is 1.27 bits per heavy atom. The molecule has 134 valence electrons. The molecule has 2 aromatic heterocycles. The van der Waals surface area contributed by atoms with Gasteiger partial charge in [-0.2, -0.15) is 0 Å². The summed E-state index contributed by atoms with van der Waals surface area (Å²) in [5.41, 5.74) is 12.1. The number of fused-ring (bicyclic) bond motifs is 1. The number of nitrogens with two attached hydrogens (primary N) is 1. The fourth-order valence-corrected chi connectivity index (χ4v) is 3.99. The van der Waals surface area contributed by atoms with Gasteiger partial charge in [-0.3, -0.25) is 4.79 Å². The van der Waals surface area contributed by atoms with E-state index in [0.29, 0.717) is 11.4 Å². The molecule has 3 rings (SSSR count). The number of halogens is 1. The van der Waals surface area contributed by atoms with Crippen LogP contribution in [0.2, 0.25) is 0 Å². The molecule has 7 heteroatoms. The van der Waals surface area contributed by atoms with Crippen LogP contribution in [-0.4, -0.2) is 20.4 Å². The molecule has 0 atom stereocenters. The van der Waals surface area contributed by atoms with Crippen LogP contribution in [0.1, 0.15) is 18.1 Å². The molecule has 0 saturated heterocycles. The van der Waals surface area contributed by atoms with E-state index in [4.69, 9.17) is 5.73 Å². The van der Waals surface area contributed by atoms with Gasteiger partial charge in [0.25, 0.3) is 5.91 Å². The summed E-state index contributed by atoms with van der Waals surface area (Å²) in [7, 11) is 1.95. The maximum absolute atomic E-state index is 11.9. The Balaban J connectivity index is 2.20. The van der Waals surface area contributed by atoms with Gasteiger partial charge in [-0.1, -0.05) is 6.58 Å². The molecule has 0 bridgehead atoms. The number of nitrogen functional groups attached to an aromatic ring is 1. The second-order valence-corrected chi connectivity index (χ2v) is 7.19. The quantitative estimate of drug-likeness (QED) is 0.632. The molecule has 0 saturated carbocycles. The van der Waals surface area contributed by atoms with E-state index in [1.54, 1.807) is 6.92 Å². The maximum atomic E-state index is 11.9. The van der Waals surface area contributed by atoms with Crippen molar-refractivity contribution in [3.8, 4) is 11.3 Å². The van der Waals surface area contributed by atoms with Gasteiger partial charge in [-0.15, -0.1) is 0 Å². The molecule has 1 aromatic carbocycles. The molecule has 6 nitrogen and oxygen atoms in total. The zero-order chi connectivity index (χ0) is 19.2. The van der Waals surface area contributed by atoms with Crippen LogP contribution < -0.4 is 11.1 Å². The van der Waals surface area contributed by atoms with Crippen molar-refractivity contribution >= 4 is 44.4 Å². The van der Waals surface area contributed by atoms with E-state index in [1.807, 2.05) is 37.6 Å². The van der Waals surface area contributed by atoms with E-state index in [1.165, 1.54) is 6.33 Å². The molecule has 0 aliphatic rings. The third-order valence-electron chi connectivity index (χ3n) is 4.35.